The van der Waals surface area contributed by atoms with Crippen LogP contribution in [-0.4, -0.2) is 17.4 Å². The Balaban J connectivity index is 2.05. The number of aryl methyl sites for hydroxylation is 1. The van der Waals surface area contributed by atoms with Crippen LogP contribution in [0.4, 0.5) is 10.1 Å². The number of rotatable bonds is 5. The Morgan fingerprint density at radius 2 is 2.16 bits per heavy atom. The highest BCUT2D eigenvalue weighted by Crippen LogP contribution is 2.28. The third-order valence-electron chi connectivity index (χ3n) is 3.30. The summed E-state index contributed by atoms with van der Waals surface area (Å²) < 4.78 is 13.3. The summed E-state index contributed by atoms with van der Waals surface area (Å²) in [6, 6.07) is 4.65. The second-order valence-corrected chi connectivity index (χ2v) is 5.27. The number of nitrogens with zero attached hydrogens (tertiary/aromatic N) is 1. The fraction of sp³-hybridized carbons (Fsp3) is 0.429. The van der Waals surface area contributed by atoms with E-state index in [0.717, 1.165) is 18.4 Å². The molecule has 2 N–H and O–H groups in total. The third kappa shape index (κ3) is 3.50. The predicted octanol–water partition coefficient (Wildman–Crippen LogP) is 2.56. The first-order chi connectivity index (χ1) is 9.08. The molecule has 0 spiro atoms. The number of hydrogen-bond donors (Lipinski definition) is 1. The van der Waals surface area contributed by atoms with E-state index in [1.54, 1.807) is 11.0 Å². The van der Waals surface area contributed by atoms with Crippen LogP contribution in [0.5, 0.6) is 0 Å². The number of anilines is 1. The second kappa shape index (κ2) is 6.10. The minimum atomic E-state index is -0.304. The van der Waals surface area contributed by atoms with Crippen molar-refractivity contribution in [2.45, 2.75) is 32.1 Å². The van der Waals surface area contributed by atoms with Gasteiger partial charge in [0.2, 0.25) is 5.91 Å². The van der Waals surface area contributed by atoms with Crippen LogP contribution in [0.25, 0.3) is 0 Å². The van der Waals surface area contributed by atoms with Crippen LogP contribution in [0.2, 0.25) is 0 Å². The van der Waals surface area contributed by atoms with Gasteiger partial charge in [0.15, 0.2) is 0 Å². The highest BCUT2D eigenvalue weighted by atomic mass is 32.1. The summed E-state index contributed by atoms with van der Waals surface area (Å²) >= 11 is 4.82. The van der Waals surface area contributed by atoms with Crippen LogP contribution in [0.3, 0.4) is 0 Å². The van der Waals surface area contributed by atoms with Crippen LogP contribution in [-0.2, 0) is 11.2 Å². The van der Waals surface area contributed by atoms with Crippen molar-refractivity contribution in [2.75, 3.05) is 11.4 Å². The average Bonchev–Trinajstić information content (AvgIpc) is 2.36. The Morgan fingerprint density at radius 1 is 1.37 bits per heavy atom. The molecule has 1 amide bonds. The molecule has 0 saturated heterocycles. The lowest BCUT2D eigenvalue weighted by Gasteiger charge is -2.29. The first kappa shape index (κ1) is 13.9. The van der Waals surface area contributed by atoms with Gasteiger partial charge in [0, 0.05) is 18.7 Å². The first-order valence-electron chi connectivity index (χ1n) is 6.45. The molecular formula is C14H17FN2OS. The zero-order valence-corrected chi connectivity index (χ0v) is 11.5. The summed E-state index contributed by atoms with van der Waals surface area (Å²) in [4.78, 5) is 14.1. The van der Waals surface area contributed by atoms with E-state index in [9.17, 15) is 9.18 Å². The van der Waals surface area contributed by atoms with Crippen LogP contribution >= 0.6 is 12.2 Å². The number of halogens is 1. The summed E-state index contributed by atoms with van der Waals surface area (Å²) in [6.07, 6.45) is 3.54. The number of amides is 1. The highest BCUT2D eigenvalue weighted by molar-refractivity contribution is 7.80. The van der Waals surface area contributed by atoms with Crippen molar-refractivity contribution in [3.63, 3.8) is 0 Å². The van der Waals surface area contributed by atoms with Crippen molar-refractivity contribution in [1.82, 2.24) is 0 Å². The van der Waals surface area contributed by atoms with Crippen molar-refractivity contribution in [3.05, 3.63) is 29.6 Å². The molecule has 1 heterocycles. The zero-order valence-electron chi connectivity index (χ0n) is 10.7. The molecular weight excluding hydrogens is 263 g/mol. The number of unbranched alkanes of at least 4 members (excludes halogenated alkanes) is 1. The van der Waals surface area contributed by atoms with Gasteiger partial charge in [0.05, 0.1) is 4.99 Å². The lowest BCUT2D eigenvalue weighted by atomic mass is 10.0. The molecule has 3 nitrogen and oxygen atoms in total. The maximum atomic E-state index is 13.3. The standard InChI is InChI=1S/C14H17FN2OS/c15-11-6-4-10-5-7-14(18)17(12(10)9-11)8-2-1-3-13(16)19/h4,6,9H,1-3,5,7-8H2,(H2,16,19). The average molecular weight is 280 g/mol. The Kier molecular flexibility index (Phi) is 4.47. The lowest BCUT2D eigenvalue weighted by Crippen LogP contribution is -2.36. The molecule has 0 bridgehead atoms. The van der Waals surface area contributed by atoms with Gasteiger partial charge in [-0.2, -0.15) is 0 Å². The fourth-order valence-electron chi connectivity index (χ4n) is 2.32. The van der Waals surface area contributed by atoms with Crippen LogP contribution in [0, 0.1) is 5.82 Å². The molecule has 0 aromatic heterocycles. The quantitative estimate of drug-likeness (QED) is 0.666. The van der Waals surface area contributed by atoms with Crippen molar-refractivity contribution in [3.8, 4) is 0 Å². The van der Waals surface area contributed by atoms with Crippen molar-refractivity contribution in [2.24, 2.45) is 5.73 Å². The van der Waals surface area contributed by atoms with Gasteiger partial charge in [0.25, 0.3) is 0 Å². The van der Waals surface area contributed by atoms with Crippen molar-refractivity contribution >= 4 is 28.8 Å². The van der Waals surface area contributed by atoms with Crippen LogP contribution < -0.4 is 10.6 Å². The Morgan fingerprint density at radius 3 is 2.89 bits per heavy atom. The number of carbonyl (C=O) groups is 1. The number of fused-ring (bicyclic) bond motifs is 1. The molecule has 0 radical (unpaired) electrons. The Hall–Kier alpha value is -1.49. The maximum Gasteiger partial charge on any atom is 0.227 e. The first-order valence-corrected chi connectivity index (χ1v) is 6.86. The van der Waals surface area contributed by atoms with E-state index >= 15 is 0 Å². The Labute approximate surface area is 117 Å². The van der Waals surface area contributed by atoms with Crippen molar-refractivity contribution in [1.29, 1.82) is 0 Å². The van der Waals surface area contributed by atoms with E-state index in [1.807, 2.05) is 0 Å². The molecule has 5 heteroatoms. The van der Waals surface area contributed by atoms with Gasteiger partial charge in [-0.05, 0) is 43.4 Å². The van der Waals surface area contributed by atoms with Gasteiger partial charge in [-0.3, -0.25) is 4.79 Å². The molecule has 0 atom stereocenters. The molecule has 19 heavy (non-hydrogen) atoms. The predicted molar refractivity (Wildman–Crippen MR) is 77.7 cm³/mol. The molecule has 2 rings (SSSR count). The summed E-state index contributed by atoms with van der Waals surface area (Å²) in [5.74, 6) is -0.241. The molecule has 1 aromatic rings. The number of hydrogen-bond acceptors (Lipinski definition) is 2. The van der Waals surface area contributed by atoms with Gasteiger partial charge in [-0.15, -0.1) is 0 Å². The van der Waals surface area contributed by atoms with Crippen LogP contribution in [0.15, 0.2) is 18.2 Å². The van der Waals surface area contributed by atoms with E-state index in [4.69, 9.17) is 18.0 Å². The fourth-order valence-corrected chi connectivity index (χ4v) is 2.47. The van der Waals surface area contributed by atoms with E-state index in [2.05, 4.69) is 0 Å². The van der Waals surface area contributed by atoms with E-state index in [0.29, 0.717) is 36.5 Å². The molecule has 0 fully saturated rings. The SMILES string of the molecule is NC(=S)CCCCN1C(=O)CCc2ccc(F)cc21. The monoisotopic (exact) mass is 280 g/mol. The smallest absolute Gasteiger partial charge is 0.227 e. The van der Waals surface area contributed by atoms with E-state index < -0.39 is 0 Å². The van der Waals surface area contributed by atoms with Gasteiger partial charge < -0.3 is 10.6 Å². The largest absolute Gasteiger partial charge is 0.393 e. The minimum absolute atomic E-state index is 0.0634. The molecule has 1 aliphatic heterocycles. The Bertz CT molecular complexity index is 504. The van der Waals surface area contributed by atoms with E-state index in [-0.39, 0.29) is 11.7 Å². The summed E-state index contributed by atoms with van der Waals surface area (Å²) in [5, 5.41) is 0. The molecule has 0 unspecified atom stereocenters. The molecule has 1 aromatic carbocycles. The topological polar surface area (TPSA) is 46.3 Å². The second-order valence-electron chi connectivity index (χ2n) is 4.74. The number of thiocarbonyl (C=S) groups is 1. The molecule has 1 aliphatic rings. The minimum Gasteiger partial charge on any atom is -0.393 e. The van der Waals surface area contributed by atoms with Gasteiger partial charge in [-0.25, -0.2) is 4.39 Å². The normalized spacial score (nSPS) is 14.4. The lowest BCUT2D eigenvalue weighted by molar-refractivity contribution is -0.118. The van der Waals surface area contributed by atoms with Gasteiger partial charge in [0.1, 0.15) is 5.82 Å². The molecule has 102 valence electrons. The van der Waals surface area contributed by atoms with Gasteiger partial charge >= 0.3 is 0 Å². The number of benzene rings is 1. The molecule has 0 saturated carbocycles. The third-order valence-corrected chi connectivity index (χ3v) is 3.51. The zero-order chi connectivity index (χ0) is 13.8. The number of carbonyl (C=O) groups excluding carboxylic acids is 1. The highest BCUT2D eigenvalue weighted by Gasteiger charge is 2.23. The van der Waals surface area contributed by atoms with Gasteiger partial charge in [-0.1, -0.05) is 18.3 Å². The summed E-state index contributed by atoms with van der Waals surface area (Å²) in [7, 11) is 0. The van der Waals surface area contributed by atoms with Crippen LogP contribution in [0.1, 0.15) is 31.2 Å². The molecule has 0 aliphatic carbocycles. The summed E-state index contributed by atoms with van der Waals surface area (Å²) in [6.45, 7) is 0.595. The maximum absolute atomic E-state index is 13.3. The summed E-state index contributed by atoms with van der Waals surface area (Å²) in [5.41, 5.74) is 7.19. The number of nitrogens with two attached hydrogens (primary N) is 1. The van der Waals surface area contributed by atoms with Crippen molar-refractivity contribution < 1.29 is 9.18 Å². The van der Waals surface area contributed by atoms with E-state index in [1.165, 1.54) is 12.1 Å².